The number of morpholine rings is 1. The molecule has 1 amide bonds. The van der Waals surface area contributed by atoms with E-state index >= 15 is 0 Å². The SMILES string of the molecule is CCc1cc(C(=O)N(CCC#N)CCN2CCOCC2)sc1C. The molecule has 0 aromatic carbocycles. The van der Waals surface area contributed by atoms with E-state index in [-0.39, 0.29) is 5.91 Å². The molecule has 2 rings (SSSR count). The van der Waals surface area contributed by atoms with Crippen LogP contribution in [0.3, 0.4) is 0 Å². The van der Waals surface area contributed by atoms with Crippen LogP contribution in [0.1, 0.15) is 33.5 Å². The minimum Gasteiger partial charge on any atom is -0.379 e. The van der Waals surface area contributed by atoms with Crippen molar-refractivity contribution in [3.63, 3.8) is 0 Å². The molecular weight excluding hydrogens is 310 g/mol. The molecule has 1 fully saturated rings. The number of ether oxygens (including phenoxy) is 1. The lowest BCUT2D eigenvalue weighted by molar-refractivity contribution is 0.0327. The molecular formula is C17H25N3O2S. The van der Waals surface area contributed by atoms with Crippen LogP contribution in [0.5, 0.6) is 0 Å². The van der Waals surface area contributed by atoms with Crippen molar-refractivity contribution in [2.24, 2.45) is 0 Å². The Hall–Kier alpha value is -1.42. The Labute approximate surface area is 142 Å². The molecule has 0 spiro atoms. The van der Waals surface area contributed by atoms with Crippen LogP contribution in [0.25, 0.3) is 0 Å². The third-order valence-corrected chi connectivity index (χ3v) is 5.26. The quantitative estimate of drug-likeness (QED) is 0.767. The summed E-state index contributed by atoms with van der Waals surface area (Å²) in [4.78, 5) is 18.9. The van der Waals surface area contributed by atoms with Crippen molar-refractivity contribution in [1.29, 1.82) is 5.26 Å². The summed E-state index contributed by atoms with van der Waals surface area (Å²) >= 11 is 1.56. The van der Waals surface area contributed by atoms with Gasteiger partial charge in [-0.2, -0.15) is 5.26 Å². The van der Waals surface area contributed by atoms with Crippen molar-refractivity contribution < 1.29 is 9.53 Å². The Morgan fingerprint density at radius 2 is 2.17 bits per heavy atom. The third kappa shape index (κ3) is 5.03. The molecule has 0 aliphatic carbocycles. The minimum absolute atomic E-state index is 0.0568. The summed E-state index contributed by atoms with van der Waals surface area (Å²) in [5.41, 5.74) is 1.24. The second-order valence-corrected chi connectivity index (χ2v) is 6.96. The fraction of sp³-hybridized carbons (Fsp3) is 0.647. The fourth-order valence-electron chi connectivity index (χ4n) is 2.72. The van der Waals surface area contributed by atoms with Crippen molar-refractivity contribution in [2.75, 3.05) is 45.9 Å². The van der Waals surface area contributed by atoms with Gasteiger partial charge in [-0.15, -0.1) is 11.3 Å². The third-order valence-electron chi connectivity index (χ3n) is 4.18. The predicted octanol–water partition coefficient (Wildman–Crippen LogP) is 2.31. The van der Waals surface area contributed by atoms with Crippen LogP contribution in [0.4, 0.5) is 0 Å². The van der Waals surface area contributed by atoms with Gasteiger partial charge in [-0.1, -0.05) is 6.92 Å². The van der Waals surface area contributed by atoms with Crippen LogP contribution < -0.4 is 0 Å². The zero-order valence-electron chi connectivity index (χ0n) is 14.0. The fourth-order valence-corrected chi connectivity index (χ4v) is 3.80. The maximum absolute atomic E-state index is 12.8. The lowest BCUT2D eigenvalue weighted by Gasteiger charge is -2.29. The molecule has 126 valence electrons. The van der Waals surface area contributed by atoms with Crippen molar-refractivity contribution in [1.82, 2.24) is 9.80 Å². The van der Waals surface area contributed by atoms with E-state index in [0.29, 0.717) is 19.5 Å². The van der Waals surface area contributed by atoms with E-state index in [1.54, 1.807) is 11.3 Å². The van der Waals surface area contributed by atoms with Crippen molar-refractivity contribution >= 4 is 17.2 Å². The first kappa shape index (κ1) is 17.9. The summed E-state index contributed by atoms with van der Waals surface area (Å²) in [7, 11) is 0. The Balaban J connectivity index is 2.00. The topological polar surface area (TPSA) is 56.6 Å². The molecule has 1 aromatic rings. The average Bonchev–Trinajstić information content (AvgIpc) is 2.96. The first-order valence-corrected chi connectivity index (χ1v) is 9.03. The summed E-state index contributed by atoms with van der Waals surface area (Å²) in [5.74, 6) is 0.0568. The monoisotopic (exact) mass is 335 g/mol. The summed E-state index contributed by atoms with van der Waals surface area (Å²) in [6.45, 7) is 9.52. The first-order chi connectivity index (χ1) is 11.2. The number of nitriles is 1. The van der Waals surface area contributed by atoms with Gasteiger partial charge in [0, 0.05) is 37.6 Å². The van der Waals surface area contributed by atoms with Gasteiger partial charge in [-0.3, -0.25) is 9.69 Å². The Morgan fingerprint density at radius 1 is 1.43 bits per heavy atom. The van der Waals surface area contributed by atoms with Crippen LogP contribution in [0, 0.1) is 18.3 Å². The molecule has 5 nitrogen and oxygen atoms in total. The molecule has 0 atom stereocenters. The van der Waals surface area contributed by atoms with Crippen molar-refractivity contribution in [3.8, 4) is 6.07 Å². The molecule has 0 N–H and O–H groups in total. The van der Waals surface area contributed by atoms with Gasteiger partial charge >= 0.3 is 0 Å². The van der Waals surface area contributed by atoms with Gasteiger partial charge in [-0.05, 0) is 25.0 Å². The second kappa shape index (κ2) is 9.02. The van der Waals surface area contributed by atoms with Gasteiger partial charge in [0.15, 0.2) is 0 Å². The molecule has 0 radical (unpaired) electrons. The second-order valence-electron chi connectivity index (χ2n) is 5.70. The summed E-state index contributed by atoms with van der Waals surface area (Å²) in [6, 6.07) is 4.16. The molecule has 1 aliphatic rings. The van der Waals surface area contributed by atoms with Crippen LogP contribution in [0.15, 0.2) is 6.07 Å². The molecule has 1 aromatic heterocycles. The number of carbonyl (C=O) groups is 1. The molecule has 23 heavy (non-hydrogen) atoms. The predicted molar refractivity (Wildman–Crippen MR) is 91.8 cm³/mol. The zero-order valence-corrected chi connectivity index (χ0v) is 14.8. The van der Waals surface area contributed by atoms with Gasteiger partial charge in [0.2, 0.25) is 0 Å². The highest BCUT2D eigenvalue weighted by Gasteiger charge is 2.20. The molecule has 0 saturated carbocycles. The van der Waals surface area contributed by atoms with Gasteiger partial charge in [-0.25, -0.2) is 0 Å². The summed E-state index contributed by atoms with van der Waals surface area (Å²) < 4.78 is 5.35. The number of hydrogen-bond acceptors (Lipinski definition) is 5. The normalized spacial score (nSPS) is 15.3. The Morgan fingerprint density at radius 3 is 2.78 bits per heavy atom. The number of aryl methyl sites for hydroxylation is 2. The van der Waals surface area contributed by atoms with Crippen LogP contribution in [0.2, 0.25) is 0 Å². The van der Waals surface area contributed by atoms with Gasteiger partial charge < -0.3 is 9.64 Å². The highest BCUT2D eigenvalue weighted by molar-refractivity contribution is 7.14. The number of nitrogens with zero attached hydrogens (tertiary/aromatic N) is 3. The molecule has 2 heterocycles. The standard InChI is InChI=1S/C17H25N3O2S/c1-3-15-13-16(23-14(15)2)17(21)20(6-4-5-18)8-7-19-9-11-22-12-10-19/h13H,3-4,6-12H2,1-2H3. The largest absolute Gasteiger partial charge is 0.379 e. The highest BCUT2D eigenvalue weighted by Crippen LogP contribution is 2.23. The van der Waals surface area contributed by atoms with Gasteiger partial charge in [0.1, 0.15) is 0 Å². The van der Waals surface area contributed by atoms with Crippen LogP contribution in [-0.4, -0.2) is 61.6 Å². The number of amides is 1. The Kier molecular flexibility index (Phi) is 7.03. The highest BCUT2D eigenvalue weighted by atomic mass is 32.1. The van der Waals surface area contributed by atoms with E-state index in [0.717, 1.165) is 44.1 Å². The first-order valence-electron chi connectivity index (χ1n) is 8.21. The smallest absolute Gasteiger partial charge is 0.264 e. The number of rotatable bonds is 7. The maximum Gasteiger partial charge on any atom is 0.264 e. The number of thiophene rings is 1. The van der Waals surface area contributed by atoms with Crippen molar-refractivity contribution in [3.05, 3.63) is 21.4 Å². The molecule has 6 heteroatoms. The molecule has 1 aliphatic heterocycles. The van der Waals surface area contributed by atoms with E-state index in [4.69, 9.17) is 10.00 Å². The number of carbonyl (C=O) groups excluding carboxylic acids is 1. The molecule has 0 unspecified atom stereocenters. The number of hydrogen-bond donors (Lipinski definition) is 0. The van der Waals surface area contributed by atoms with E-state index in [1.165, 1.54) is 10.4 Å². The van der Waals surface area contributed by atoms with E-state index in [2.05, 4.69) is 24.8 Å². The maximum atomic E-state index is 12.8. The molecule has 0 bridgehead atoms. The molecule has 1 saturated heterocycles. The summed E-state index contributed by atoms with van der Waals surface area (Å²) in [5, 5.41) is 8.86. The lowest BCUT2D eigenvalue weighted by atomic mass is 10.2. The van der Waals surface area contributed by atoms with Crippen LogP contribution >= 0.6 is 11.3 Å². The van der Waals surface area contributed by atoms with E-state index < -0.39 is 0 Å². The van der Waals surface area contributed by atoms with Crippen LogP contribution in [-0.2, 0) is 11.2 Å². The lowest BCUT2D eigenvalue weighted by Crippen LogP contribution is -2.43. The minimum atomic E-state index is 0.0568. The van der Waals surface area contributed by atoms with E-state index in [1.807, 2.05) is 11.0 Å². The Bertz CT molecular complexity index is 559. The zero-order chi connectivity index (χ0) is 16.7. The summed E-state index contributed by atoms with van der Waals surface area (Å²) in [6.07, 6.45) is 1.32. The average molecular weight is 335 g/mol. The van der Waals surface area contributed by atoms with E-state index in [9.17, 15) is 4.79 Å². The van der Waals surface area contributed by atoms with Gasteiger partial charge in [0.25, 0.3) is 5.91 Å². The van der Waals surface area contributed by atoms with Gasteiger partial charge in [0.05, 0.1) is 30.6 Å². The van der Waals surface area contributed by atoms with Crippen molar-refractivity contribution in [2.45, 2.75) is 26.7 Å².